The number of hydrogen-bond acceptors (Lipinski definition) is 4. The highest BCUT2D eigenvalue weighted by atomic mass is 16.1. The number of nitrogens with zero attached hydrogens (tertiary/aromatic N) is 3. The Hall–Kier alpha value is -1.49. The number of hydrogen-bond donors (Lipinski definition) is 1. The maximum Gasteiger partial charge on any atom is 0.271 e. The maximum absolute atomic E-state index is 12.0. The van der Waals surface area contributed by atoms with E-state index in [-0.39, 0.29) is 11.9 Å². The standard InChI is InChI=1S/C14H22N4O/c1-10(2)18-6-4-12(5-7-18)17-14(19)13-9-15-11(3)8-16-13/h8-10,12H,4-7H2,1-3H3,(H,17,19). The predicted molar refractivity (Wildman–Crippen MR) is 74.0 cm³/mol. The molecule has 104 valence electrons. The topological polar surface area (TPSA) is 58.1 Å². The molecule has 0 spiro atoms. The van der Waals surface area contributed by atoms with Gasteiger partial charge in [0.15, 0.2) is 0 Å². The van der Waals surface area contributed by atoms with Crippen molar-refractivity contribution in [1.29, 1.82) is 0 Å². The third kappa shape index (κ3) is 3.73. The average molecular weight is 262 g/mol. The zero-order valence-corrected chi connectivity index (χ0v) is 11.9. The third-order valence-corrected chi connectivity index (χ3v) is 3.61. The van der Waals surface area contributed by atoms with E-state index in [1.54, 1.807) is 6.20 Å². The summed E-state index contributed by atoms with van der Waals surface area (Å²) in [6.45, 7) is 8.36. The van der Waals surface area contributed by atoms with Gasteiger partial charge in [-0.05, 0) is 33.6 Å². The van der Waals surface area contributed by atoms with Gasteiger partial charge >= 0.3 is 0 Å². The van der Waals surface area contributed by atoms with E-state index in [0.717, 1.165) is 31.6 Å². The van der Waals surface area contributed by atoms with Crippen molar-refractivity contribution in [2.24, 2.45) is 0 Å². The van der Waals surface area contributed by atoms with Crippen LogP contribution in [0.25, 0.3) is 0 Å². The highest BCUT2D eigenvalue weighted by Crippen LogP contribution is 2.13. The fourth-order valence-corrected chi connectivity index (χ4v) is 2.33. The van der Waals surface area contributed by atoms with Crippen LogP contribution in [0.2, 0.25) is 0 Å². The normalized spacial score (nSPS) is 17.7. The highest BCUT2D eigenvalue weighted by Gasteiger charge is 2.22. The minimum absolute atomic E-state index is 0.115. The molecular formula is C14H22N4O. The Morgan fingerprint density at radius 1 is 1.32 bits per heavy atom. The summed E-state index contributed by atoms with van der Waals surface area (Å²) in [5.74, 6) is -0.115. The lowest BCUT2D eigenvalue weighted by Crippen LogP contribution is -2.46. The summed E-state index contributed by atoms with van der Waals surface area (Å²) >= 11 is 0. The predicted octanol–water partition coefficient (Wildman–Crippen LogP) is 1.39. The molecule has 1 aromatic rings. The van der Waals surface area contributed by atoms with Crippen LogP contribution in [0.4, 0.5) is 0 Å². The quantitative estimate of drug-likeness (QED) is 0.894. The molecule has 0 radical (unpaired) electrons. The maximum atomic E-state index is 12.0. The number of amides is 1. The van der Waals surface area contributed by atoms with E-state index in [0.29, 0.717) is 11.7 Å². The second-order valence-corrected chi connectivity index (χ2v) is 5.42. The summed E-state index contributed by atoms with van der Waals surface area (Å²) in [6.07, 6.45) is 5.16. The molecule has 1 N–H and O–H groups in total. The fraction of sp³-hybridized carbons (Fsp3) is 0.643. The lowest BCUT2D eigenvalue weighted by molar-refractivity contribution is 0.0895. The largest absolute Gasteiger partial charge is 0.348 e. The van der Waals surface area contributed by atoms with Crippen LogP contribution in [0.5, 0.6) is 0 Å². The van der Waals surface area contributed by atoms with Crippen molar-refractivity contribution in [3.05, 3.63) is 23.8 Å². The van der Waals surface area contributed by atoms with E-state index in [2.05, 4.69) is 34.0 Å². The van der Waals surface area contributed by atoms with Crippen molar-refractivity contribution in [2.75, 3.05) is 13.1 Å². The van der Waals surface area contributed by atoms with E-state index < -0.39 is 0 Å². The number of nitrogens with one attached hydrogen (secondary N) is 1. The van der Waals surface area contributed by atoms with Gasteiger partial charge in [0, 0.05) is 31.4 Å². The molecule has 0 saturated carbocycles. The second kappa shape index (κ2) is 6.10. The highest BCUT2D eigenvalue weighted by molar-refractivity contribution is 5.92. The fourth-order valence-electron chi connectivity index (χ4n) is 2.33. The average Bonchev–Trinajstić information content (AvgIpc) is 2.40. The Kier molecular flexibility index (Phi) is 4.47. The molecule has 1 amide bonds. The molecule has 0 aromatic carbocycles. The first kappa shape index (κ1) is 13.9. The summed E-state index contributed by atoms with van der Waals surface area (Å²) in [7, 11) is 0. The monoisotopic (exact) mass is 262 g/mol. The second-order valence-electron chi connectivity index (χ2n) is 5.42. The van der Waals surface area contributed by atoms with Gasteiger partial charge in [-0.15, -0.1) is 0 Å². The van der Waals surface area contributed by atoms with Gasteiger partial charge in [-0.3, -0.25) is 9.78 Å². The minimum Gasteiger partial charge on any atom is -0.348 e. The van der Waals surface area contributed by atoms with E-state index in [1.807, 2.05) is 6.92 Å². The lowest BCUT2D eigenvalue weighted by Gasteiger charge is -2.34. The summed E-state index contributed by atoms with van der Waals surface area (Å²) < 4.78 is 0. The summed E-state index contributed by atoms with van der Waals surface area (Å²) in [6, 6.07) is 0.838. The van der Waals surface area contributed by atoms with Crippen LogP contribution >= 0.6 is 0 Å². The van der Waals surface area contributed by atoms with Gasteiger partial charge in [-0.1, -0.05) is 0 Å². The van der Waals surface area contributed by atoms with Gasteiger partial charge in [-0.2, -0.15) is 0 Å². The summed E-state index contributed by atoms with van der Waals surface area (Å²) in [5, 5.41) is 3.05. The third-order valence-electron chi connectivity index (χ3n) is 3.61. The van der Waals surface area contributed by atoms with Gasteiger partial charge in [0.25, 0.3) is 5.91 Å². The number of rotatable bonds is 3. The van der Waals surface area contributed by atoms with Crippen molar-refractivity contribution in [1.82, 2.24) is 20.2 Å². The van der Waals surface area contributed by atoms with Gasteiger partial charge in [-0.25, -0.2) is 4.98 Å². The first-order valence-electron chi connectivity index (χ1n) is 6.90. The first-order valence-corrected chi connectivity index (χ1v) is 6.90. The number of aryl methyl sites for hydroxylation is 1. The Bertz CT molecular complexity index is 422. The Morgan fingerprint density at radius 2 is 2.00 bits per heavy atom. The molecule has 2 rings (SSSR count). The zero-order chi connectivity index (χ0) is 13.8. The van der Waals surface area contributed by atoms with E-state index in [4.69, 9.17) is 0 Å². The summed E-state index contributed by atoms with van der Waals surface area (Å²) in [4.78, 5) is 22.7. The zero-order valence-electron chi connectivity index (χ0n) is 11.9. The Balaban J connectivity index is 1.85. The van der Waals surface area contributed by atoms with Gasteiger partial charge in [0.2, 0.25) is 0 Å². The van der Waals surface area contributed by atoms with Gasteiger partial charge < -0.3 is 10.2 Å². The molecule has 0 atom stereocenters. The van der Waals surface area contributed by atoms with Crippen molar-refractivity contribution in [3.8, 4) is 0 Å². The van der Waals surface area contributed by atoms with Gasteiger partial charge in [0.1, 0.15) is 5.69 Å². The van der Waals surface area contributed by atoms with Crippen LogP contribution in [0, 0.1) is 6.92 Å². The van der Waals surface area contributed by atoms with Crippen LogP contribution in [0.1, 0.15) is 42.9 Å². The molecule has 0 bridgehead atoms. The number of aromatic nitrogens is 2. The Labute approximate surface area is 114 Å². The molecule has 1 aliphatic heterocycles. The number of likely N-dealkylation sites (tertiary alicyclic amines) is 1. The van der Waals surface area contributed by atoms with Crippen molar-refractivity contribution >= 4 is 5.91 Å². The van der Waals surface area contributed by atoms with Crippen molar-refractivity contribution in [3.63, 3.8) is 0 Å². The van der Waals surface area contributed by atoms with Crippen LogP contribution in [0.15, 0.2) is 12.4 Å². The molecule has 1 aliphatic rings. The minimum atomic E-state index is -0.115. The molecule has 1 fully saturated rings. The SMILES string of the molecule is Cc1cnc(C(=O)NC2CCN(C(C)C)CC2)cn1. The molecule has 0 aliphatic carbocycles. The molecule has 2 heterocycles. The van der Waals surface area contributed by atoms with Crippen molar-refractivity contribution in [2.45, 2.75) is 45.7 Å². The van der Waals surface area contributed by atoms with Crippen LogP contribution < -0.4 is 5.32 Å². The lowest BCUT2D eigenvalue weighted by atomic mass is 10.0. The first-order chi connectivity index (χ1) is 9.06. The number of carbonyl (C=O) groups excluding carboxylic acids is 1. The molecule has 1 saturated heterocycles. The molecule has 5 nitrogen and oxygen atoms in total. The smallest absolute Gasteiger partial charge is 0.271 e. The molecule has 0 unspecified atom stereocenters. The summed E-state index contributed by atoms with van der Waals surface area (Å²) in [5.41, 5.74) is 1.22. The number of piperidine rings is 1. The van der Waals surface area contributed by atoms with E-state index >= 15 is 0 Å². The van der Waals surface area contributed by atoms with E-state index in [9.17, 15) is 4.79 Å². The van der Waals surface area contributed by atoms with Crippen LogP contribution in [-0.4, -0.2) is 45.9 Å². The molecule has 19 heavy (non-hydrogen) atoms. The van der Waals surface area contributed by atoms with Crippen LogP contribution in [0.3, 0.4) is 0 Å². The number of carbonyl (C=O) groups is 1. The van der Waals surface area contributed by atoms with E-state index in [1.165, 1.54) is 6.20 Å². The molecule has 5 heteroatoms. The molecule has 1 aromatic heterocycles. The molecular weight excluding hydrogens is 240 g/mol. The van der Waals surface area contributed by atoms with Crippen molar-refractivity contribution < 1.29 is 4.79 Å². The van der Waals surface area contributed by atoms with Gasteiger partial charge in [0.05, 0.1) is 11.9 Å². The Morgan fingerprint density at radius 3 is 2.53 bits per heavy atom. The van der Waals surface area contributed by atoms with Crippen LogP contribution in [-0.2, 0) is 0 Å².